The van der Waals surface area contributed by atoms with Crippen molar-refractivity contribution in [1.29, 1.82) is 0 Å². The van der Waals surface area contributed by atoms with Gasteiger partial charge in [0.05, 0.1) is 11.9 Å². The van der Waals surface area contributed by atoms with Crippen LogP contribution in [0.15, 0.2) is 18.3 Å². The molecule has 0 radical (unpaired) electrons. The van der Waals surface area contributed by atoms with Gasteiger partial charge in [-0.2, -0.15) is 0 Å². The second-order valence-electron chi connectivity index (χ2n) is 5.06. The van der Waals surface area contributed by atoms with Crippen molar-refractivity contribution in [3.8, 4) is 0 Å². The summed E-state index contributed by atoms with van der Waals surface area (Å²) in [7, 11) is 3.98. The molecule has 0 aromatic carbocycles. The Bertz CT molecular complexity index is 386. The average Bonchev–Trinajstić information content (AvgIpc) is 2.28. The number of rotatable bonds is 5. The largest absolute Gasteiger partial charge is 0.397 e. The summed E-state index contributed by atoms with van der Waals surface area (Å²) in [6.45, 7) is 4.98. The van der Waals surface area contributed by atoms with Crippen LogP contribution in [0.1, 0.15) is 24.3 Å². The van der Waals surface area contributed by atoms with Crippen molar-refractivity contribution in [3.63, 3.8) is 0 Å². The van der Waals surface area contributed by atoms with E-state index >= 15 is 0 Å². The first-order valence-electron chi connectivity index (χ1n) is 6.07. The van der Waals surface area contributed by atoms with Crippen LogP contribution in [0.25, 0.3) is 0 Å². The molecule has 1 amide bonds. The molecular weight excluding hydrogens is 228 g/mol. The van der Waals surface area contributed by atoms with Gasteiger partial charge in [-0.1, -0.05) is 13.8 Å². The molecule has 1 atom stereocenters. The second kappa shape index (κ2) is 6.35. The van der Waals surface area contributed by atoms with E-state index < -0.39 is 0 Å². The summed E-state index contributed by atoms with van der Waals surface area (Å²) < 4.78 is 0. The van der Waals surface area contributed by atoms with E-state index in [2.05, 4.69) is 29.0 Å². The topological polar surface area (TPSA) is 71.2 Å². The lowest BCUT2D eigenvalue weighted by Gasteiger charge is -2.25. The highest BCUT2D eigenvalue weighted by Crippen LogP contribution is 2.06. The number of hydrogen-bond acceptors (Lipinski definition) is 4. The first kappa shape index (κ1) is 14.4. The molecule has 5 nitrogen and oxygen atoms in total. The first-order chi connectivity index (χ1) is 8.40. The smallest absolute Gasteiger partial charge is 0.270 e. The van der Waals surface area contributed by atoms with E-state index in [0.717, 1.165) is 6.54 Å². The summed E-state index contributed by atoms with van der Waals surface area (Å²) in [5, 5.41) is 3.00. The Kier molecular flexibility index (Phi) is 5.09. The number of carbonyl (C=O) groups is 1. The number of amides is 1. The molecule has 1 rings (SSSR count). The quantitative estimate of drug-likeness (QED) is 0.817. The molecule has 3 N–H and O–H groups in total. The van der Waals surface area contributed by atoms with Crippen LogP contribution in [0, 0.1) is 5.92 Å². The minimum absolute atomic E-state index is 0.104. The highest BCUT2D eigenvalue weighted by Gasteiger charge is 2.18. The number of hydrogen-bond donors (Lipinski definition) is 2. The Labute approximate surface area is 108 Å². The molecule has 1 unspecified atom stereocenters. The molecule has 0 bridgehead atoms. The van der Waals surface area contributed by atoms with E-state index in [9.17, 15) is 4.79 Å². The van der Waals surface area contributed by atoms with E-state index in [4.69, 9.17) is 5.73 Å². The zero-order valence-corrected chi connectivity index (χ0v) is 11.5. The minimum Gasteiger partial charge on any atom is -0.397 e. The van der Waals surface area contributed by atoms with Crippen LogP contribution < -0.4 is 11.1 Å². The van der Waals surface area contributed by atoms with Crippen LogP contribution in [0.3, 0.4) is 0 Å². The van der Waals surface area contributed by atoms with Gasteiger partial charge in [0.15, 0.2) is 0 Å². The molecule has 0 fully saturated rings. The van der Waals surface area contributed by atoms with Crippen LogP contribution in [0.5, 0.6) is 0 Å². The standard InChI is InChI=1S/C13H22N4O/c1-9(2)12(8-17(3)4)16-13(18)11-6-5-10(14)7-15-11/h5-7,9,12H,8,14H2,1-4H3,(H,16,18). The minimum atomic E-state index is -0.157. The molecule has 100 valence electrons. The van der Waals surface area contributed by atoms with E-state index in [1.807, 2.05) is 14.1 Å². The summed E-state index contributed by atoms with van der Waals surface area (Å²) in [4.78, 5) is 18.1. The molecule has 1 aromatic heterocycles. The van der Waals surface area contributed by atoms with Gasteiger partial charge < -0.3 is 16.0 Å². The Balaban J connectivity index is 2.69. The van der Waals surface area contributed by atoms with Crippen molar-refractivity contribution in [2.45, 2.75) is 19.9 Å². The fraction of sp³-hybridized carbons (Fsp3) is 0.538. The summed E-state index contributed by atoms with van der Waals surface area (Å²) in [5.41, 5.74) is 6.49. The lowest BCUT2D eigenvalue weighted by atomic mass is 10.0. The van der Waals surface area contributed by atoms with Gasteiger partial charge in [0, 0.05) is 12.6 Å². The number of carbonyl (C=O) groups excluding carboxylic acids is 1. The number of nitrogens with two attached hydrogens (primary N) is 1. The number of nitrogens with one attached hydrogen (secondary N) is 1. The van der Waals surface area contributed by atoms with Crippen LogP contribution in [-0.4, -0.2) is 42.5 Å². The summed E-state index contributed by atoms with van der Waals surface area (Å²) in [6, 6.07) is 3.42. The SMILES string of the molecule is CC(C)C(CN(C)C)NC(=O)c1ccc(N)cn1. The zero-order valence-electron chi connectivity index (χ0n) is 11.5. The Morgan fingerprint density at radius 1 is 1.44 bits per heavy atom. The summed E-state index contributed by atoms with van der Waals surface area (Å²) in [6.07, 6.45) is 1.49. The molecule has 0 aliphatic carbocycles. The number of anilines is 1. The molecule has 0 aliphatic heterocycles. The number of nitrogens with zero attached hydrogens (tertiary/aromatic N) is 2. The third kappa shape index (κ3) is 4.33. The summed E-state index contributed by atoms with van der Waals surface area (Å²) in [5.74, 6) is 0.209. The van der Waals surface area contributed by atoms with Crippen LogP contribution in [0.2, 0.25) is 0 Å². The van der Waals surface area contributed by atoms with Gasteiger partial charge in [0.1, 0.15) is 5.69 Å². The lowest BCUT2D eigenvalue weighted by molar-refractivity contribution is 0.0911. The number of aromatic nitrogens is 1. The van der Waals surface area contributed by atoms with Gasteiger partial charge >= 0.3 is 0 Å². The Hall–Kier alpha value is -1.62. The highest BCUT2D eigenvalue weighted by molar-refractivity contribution is 5.92. The third-order valence-corrected chi connectivity index (χ3v) is 2.70. The van der Waals surface area contributed by atoms with Crippen LogP contribution in [0.4, 0.5) is 5.69 Å². The van der Waals surface area contributed by atoms with Gasteiger partial charge in [-0.3, -0.25) is 4.79 Å². The second-order valence-corrected chi connectivity index (χ2v) is 5.06. The molecular formula is C13H22N4O. The van der Waals surface area contributed by atoms with Crippen LogP contribution >= 0.6 is 0 Å². The van der Waals surface area contributed by atoms with Gasteiger partial charge in [-0.05, 0) is 32.1 Å². The molecule has 0 aliphatic rings. The fourth-order valence-electron chi connectivity index (χ4n) is 1.60. The van der Waals surface area contributed by atoms with Crippen molar-refractivity contribution < 1.29 is 4.79 Å². The molecule has 1 heterocycles. The third-order valence-electron chi connectivity index (χ3n) is 2.70. The van der Waals surface area contributed by atoms with Crippen molar-refractivity contribution in [3.05, 3.63) is 24.0 Å². The maximum Gasteiger partial charge on any atom is 0.270 e. The molecule has 1 aromatic rings. The van der Waals surface area contributed by atoms with Crippen LogP contribution in [-0.2, 0) is 0 Å². The van der Waals surface area contributed by atoms with Crippen molar-refractivity contribution >= 4 is 11.6 Å². The molecule has 5 heteroatoms. The monoisotopic (exact) mass is 250 g/mol. The Morgan fingerprint density at radius 2 is 2.11 bits per heavy atom. The van der Waals surface area contributed by atoms with Gasteiger partial charge in [0.2, 0.25) is 0 Å². The molecule has 0 saturated heterocycles. The number of nitrogen functional groups attached to an aromatic ring is 1. The van der Waals surface area contributed by atoms with E-state index in [1.54, 1.807) is 12.1 Å². The molecule has 0 spiro atoms. The van der Waals surface area contributed by atoms with Crippen molar-refractivity contribution in [2.24, 2.45) is 5.92 Å². The van der Waals surface area contributed by atoms with Gasteiger partial charge in [0.25, 0.3) is 5.91 Å². The van der Waals surface area contributed by atoms with Gasteiger partial charge in [-0.25, -0.2) is 4.98 Å². The van der Waals surface area contributed by atoms with Crippen molar-refractivity contribution in [1.82, 2.24) is 15.2 Å². The predicted octanol–water partition coefficient (Wildman–Crippen LogP) is 0.980. The van der Waals surface area contributed by atoms with E-state index in [0.29, 0.717) is 17.3 Å². The zero-order chi connectivity index (χ0) is 13.7. The molecule has 18 heavy (non-hydrogen) atoms. The normalized spacial score (nSPS) is 12.8. The fourth-order valence-corrected chi connectivity index (χ4v) is 1.60. The number of likely N-dealkylation sites (N-methyl/N-ethyl adjacent to an activating group) is 1. The summed E-state index contributed by atoms with van der Waals surface area (Å²) >= 11 is 0. The number of pyridine rings is 1. The first-order valence-corrected chi connectivity index (χ1v) is 6.07. The maximum atomic E-state index is 12.0. The highest BCUT2D eigenvalue weighted by atomic mass is 16.1. The van der Waals surface area contributed by atoms with Crippen molar-refractivity contribution in [2.75, 3.05) is 26.4 Å². The average molecular weight is 250 g/mol. The lowest BCUT2D eigenvalue weighted by Crippen LogP contribution is -2.45. The van der Waals surface area contributed by atoms with Gasteiger partial charge in [-0.15, -0.1) is 0 Å². The van der Waals surface area contributed by atoms with E-state index in [-0.39, 0.29) is 11.9 Å². The molecule has 0 saturated carbocycles. The van der Waals surface area contributed by atoms with E-state index in [1.165, 1.54) is 6.20 Å². The predicted molar refractivity (Wildman–Crippen MR) is 73.3 cm³/mol. The maximum absolute atomic E-state index is 12.0. The Morgan fingerprint density at radius 3 is 2.56 bits per heavy atom.